The number of fused-ring (bicyclic) bond motifs is 1. The maximum atomic E-state index is 14.2. The van der Waals surface area contributed by atoms with E-state index in [2.05, 4.69) is 0 Å². The van der Waals surface area contributed by atoms with Crippen molar-refractivity contribution in [2.45, 2.75) is 37.6 Å². The van der Waals surface area contributed by atoms with E-state index >= 15 is 0 Å². The van der Waals surface area contributed by atoms with Crippen LogP contribution in [0.2, 0.25) is 0 Å². The van der Waals surface area contributed by atoms with E-state index < -0.39 is 5.54 Å². The first-order chi connectivity index (χ1) is 8.71. The van der Waals surface area contributed by atoms with Crippen LogP contribution >= 0.6 is 0 Å². The Bertz CT molecular complexity index is 455. The maximum absolute atomic E-state index is 14.2. The first kappa shape index (κ1) is 11.8. The minimum Gasteiger partial charge on any atom is -0.486 e. The third-order valence-electron chi connectivity index (χ3n) is 3.90. The Balaban J connectivity index is 2.09. The van der Waals surface area contributed by atoms with E-state index in [1.165, 1.54) is 12.5 Å². The SMILES string of the molecule is NC1(c2c(F)ccc3c2OCCO3)CCCCC1. The molecule has 1 aliphatic carbocycles. The Hall–Kier alpha value is -1.29. The van der Waals surface area contributed by atoms with Gasteiger partial charge in [-0.15, -0.1) is 0 Å². The number of halogens is 1. The van der Waals surface area contributed by atoms with Gasteiger partial charge >= 0.3 is 0 Å². The molecule has 18 heavy (non-hydrogen) atoms. The van der Waals surface area contributed by atoms with Crippen molar-refractivity contribution in [1.82, 2.24) is 0 Å². The molecule has 1 aliphatic heterocycles. The van der Waals surface area contributed by atoms with Crippen molar-refractivity contribution >= 4 is 0 Å². The lowest BCUT2D eigenvalue weighted by Gasteiger charge is -2.36. The van der Waals surface area contributed by atoms with E-state index in [0.29, 0.717) is 30.3 Å². The molecule has 1 aromatic rings. The molecular weight excluding hydrogens is 233 g/mol. The van der Waals surface area contributed by atoms with Crippen LogP contribution in [-0.2, 0) is 5.54 Å². The summed E-state index contributed by atoms with van der Waals surface area (Å²) in [7, 11) is 0. The van der Waals surface area contributed by atoms with Crippen LogP contribution in [0.5, 0.6) is 11.5 Å². The van der Waals surface area contributed by atoms with Crippen molar-refractivity contribution in [1.29, 1.82) is 0 Å². The molecule has 0 saturated heterocycles. The zero-order valence-electron chi connectivity index (χ0n) is 10.4. The minimum absolute atomic E-state index is 0.274. The fourth-order valence-corrected chi connectivity index (χ4v) is 2.99. The van der Waals surface area contributed by atoms with E-state index in [1.54, 1.807) is 6.07 Å². The highest BCUT2D eigenvalue weighted by Crippen LogP contribution is 2.45. The molecule has 0 spiro atoms. The van der Waals surface area contributed by atoms with E-state index in [9.17, 15) is 4.39 Å². The molecule has 4 heteroatoms. The average molecular weight is 251 g/mol. The smallest absolute Gasteiger partial charge is 0.169 e. The van der Waals surface area contributed by atoms with Crippen LogP contribution in [0, 0.1) is 5.82 Å². The summed E-state index contributed by atoms with van der Waals surface area (Å²) in [6.45, 7) is 0.967. The molecule has 1 heterocycles. The van der Waals surface area contributed by atoms with Crippen LogP contribution in [-0.4, -0.2) is 13.2 Å². The predicted octanol–water partition coefficient (Wildman–Crippen LogP) is 2.72. The van der Waals surface area contributed by atoms with Crippen LogP contribution < -0.4 is 15.2 Å². The molecule has 0 atom stereocenters. The standard InChI is InChI=1S/C14H18FNO2/c15-10-4-5-11-13(18-9-8-17-11)12(10)14(16)6-2-1-3-7-14/h4-5H,1-3,6-9,16H2. The second-order valence-corrected chi connectivity index (χ2v) is 5.16. The number of ether oxygens (including phenoxy) is 2. The Morgan fingerprint density at radius 2 is 1.78 bits per heavy atom. The van der Waals surface area contributed by atoms with Crippen LogP contribution in [0.4, 0.5) is 4.39 Å². The average Bonchev–Trinajstić information content (AvgIpc) is 2.39. The lowest BCUT2D eigenvalue weighted by molar-refractivity contribution is 0.162. The van der Waals surface area contributed by atoms with Crippen LogP contribution in [0.3, 0.4) is 0 Å². The van der Waals surface area contributed by atoms with Gasteiger partial charge in [-0.05, 0) is 25.0 Å². The normalized spacial score (nSPS) is 21.7. The highest BCUT2D eigenvalue weighted by Gasteiger charge is 2.37. The molecule has 0 unspecified atom stereocenters. The van der Waals surface area contributed by atoms with Gasteiger partial charge in [-0.3, -0.25) is 0 Å². The molecule has 2 N–H and O–H groups in total. The third kappa shape index (κ3) is 1.85. The zero-order chi connectivity index (χ0) is 12.6. The molecule has 98 valence electrons. The van der Waals surface area contributed by atoms with Gasteiger partial charge < -0.3 is 15.2 Å². The summed E-state index contributed by atoms with van der Waals surface area (Å²) < 4.78 is 25.3. The lowest BCUT2D eigenvalue weighted by Crippen LogP contribution is -2.40. The topological polar surface area (TPSA) is 44.5 Å². The summed E-state index contributed by atoms with van der Waals surface area (Å²) in [5.74, 6) is 0.863. The fourth-order valence-electron chi connectivity index (χ4n) is 2.99. The number of hydrogen-bond acceptors (Lipinski definition) is 3. The van der Waals surface area contributed by atoms with E-state index in [-0.39, 0.29) is 5.82 Å². The molecule has 0 amide bonds. The number of hydrogen-bond donors (Lipinski definition) is 1. The second-order valence-electron chi connectivity index (χ2n) is 5.16. The molecule has 3 rings (SSSR count). The largest absolute Gasteiger partial charge is 0.486 e. The summed E-state index contributed by atoms with van der Waals surface area (Å²) in [6.07, 6.45) is 4.88. The van der Waals surface area contributed by atoms with Gasteiger partial charge in [0.1, 0.15) is 19.0 Å². The van der Waals surface area contributed by atoms with Gasteiger partial charge in [0.25, 0.3) is 0 Å². The highest BCUT2D eigenvalue weighted by atomic mass is 19.1. The van der Waals surface area contributed by atoms with Gasteiger partial charge in [0.05, 0.1) is 5.56 Å². The predicted molar refractivity (Wildman–Crippen MR) is 66.3 cm³/mol. The van der Waals surface area contributed by atoms with Gasteiger partial charge in [-0.25, -0.2) is 4.39 Å². The third-order valence-corrected chi connectivity index (χ3v) is 3.90. The molecule has 2 aliphatic rings. The Kier molecular flexibility index (Phi) is 2.90. The van der Waals surface area contributed by atoms with Gasteiger partial charge in [0, 0.05) is 5.54 Å². The summed E-state index contributed by atoms with van der Waals surface area (Å²) in [5, 5.41) is 0. The van der Waals surface area contributed by atoms with Crippen molar-refractivity contribution in [2.75, 3.05) is 13.2 Å². The van der Waals surface area contributed by atoms with Crippen LogP contribution in [0.25, 0.3) is 0 Å². The van der Waals surface area contributed by atoms with Crippen LogP contribution in [0.1, 0.15) is 37.7 Å². The van der Waals surface area contributed by atoms with Crippen molar-refractivity contribution in [2.24, 2.45) is 5.73 Å². The van der Waals surface area contributed by atoms with Crippen molar-refractivity contribution in [3.63, 3.8) is 0 Å². The monoisotopic (exact) mass is 251 g/mol. The number of rotatable bonds is 1. The molecular formula is C14H18FNO2. The first-order valence-corrected chi connectivity index (χ1v) is 6.58. The minimum atomic E-state index is -0.603. The first-order valence-electron chi connectivity index (χ1n) is 6.58. The quantitative estimate of drug-likeness (QED) is 0.834. The summed E-state index contributed by atoms with van der Waals surface area (Å²) in [6, 6.07) is 3.06. The molecule has 1 saturated carbocycles. The molecule has 0 radical (unpaired) electrons. The molecule has 3 nitrogen and oxygen atoms in total. The van der Waals surface area contributed by atoms with Crippen molar-refractivity contribution in [3.05, 3.63) is 23.5 Å². The summed E-state index contributed by atoms with van der Waals surface area (Å²) >= 11 is 0. The molecule has 1 fully saturated rings. The van der Waals surface area contributed by atoms with Crippen LogP contribution in [0.15, 0.2) is 12.1 Å². The Labute approximate surface area is 106 Å². The van der Waals surface area contributed by atoms with E-state index in [1.807, 2.05) is 0 Å². The Morgan fingerprint density at radius 3 is 2.56 bits per heavy atom. The lowest BCUT2D eigenvalue weighted by atomic mass is 9.76. The van der Waals surface area contributed by atoms with Gasteiger partial charge in [-0.1, -0.05) is 19.3 Å². The van der Waals surface area contributed by atoms with E-state index in [4.69, 9.17) is 15.2 Å². The molecule has 0 bridgehead atoms. The van der Waals surface area contributed by atoms with Crippen molar-refractivity contribution < 1.29 is 13.9 Å². The number of nitrogens with two attached hydrogens (primary N) is 1. The van der Waals surface area contributed by atoms with E-state index in [0.717, 1.165) is 25.7 Å². The number of benzene rings is 1. The van der Waals surface area contributed by atoms with Crippen molar-refractivity contribution in [3.8, 4) is 11.5 Å². The molecule has 0 aromatic heterocycles. The summed E-state index contributed by atoms with van der Waals surface area (Å²) in [5.41, 5.74) is 6.34. The highest BCUT2D eigenvalue weighted by molar-refractivity contribution is 5.51. The Morgan fingerprint density at radius 1 is 1.06 bits per heavy atom. The zero-order valence-corrected chi connectivity index (χ0v) is 10.4. The second kappa shape index (κ2) is 4.43. The summed E-state index contributed by atoms with van der Waals surface area (Å²) in [4.78, 5) is 0. The van der Waals surface area contributed by atoms with Gasteiger partial charge in [0.2, 0.25) is 0 Å². The molecule has 1 aromatic carbocycles. The maximum Gasteiger partial charge on any atom is 0.169 e. The van der Waals surface area contributed by atoms with Gasteiger partial charge in [-0.2, -0.15) is 0 Å². The fraction of sp³-hybridized carbons (Fsp3) is 0.571. The van der Waals surface area contributed by atoms with Gasteiger partial charge in [0.15, 0.2) is 11.5 Å².